The van der Waals surface area contributed by atoms with Crippen molar-refractivity contribution in [2.24, 2.45) is 5.92 Å². The maximum absolute atomic E-state index is 14.6. The Hall–Kier alpha value is -3.44. The van der Waals surface area contributed by atoms with Crippen molar-refractivity contribution < 1.29 is 58.6 Å². The summed E-state index contributed by atoms with van der Waals surface area (Å²) < 4.78 is 133. The van der Waals surface area contributed by atoms with Crippen molar-refractivity contribution in [2.75, 3.05) is 45.9 Å². The highest BCUT2D eigenvalue weighted by molar-refractivity contribution is 7.92. The molecule has 1 N–H and O–H groups in total. The molecule has 0 spiro atoms. The van der Waals surface area contributed by atoms with Gasteiger partial charge in [-0.3, -0.25) is 4.79 Å². The molecule has 1 aliphatic carbocycles. The maximum Gasteiger partial charge on any atom is 0.430 e. The zero-order valence-corrected chi connectivity index (χ0v) is 28.0. The number of carbonyl (C=O) groups excluding carboxylic acids is 2. The number of ether oxygens (including phenoxy) is 1. The van der Waals surface area contributed by atoms with Crippen LogP contribution >= 0.6 is 0 Å². The molecular formula is C33H38F7N3O6S. The Morgan fingerprint density at radius 3 is 1.88 bits per heavy atom. The highest BCUT2D eigenvalue weighted by atomic mass is 32.2. The normalized spacial score (nSPS) is 24.1. The van der Waals surface area contributed by atoms with Gasteiger partial charge in [-0.05, 0) is 67.9 Å². The molecule has 2 heterocycles. The van der Waals surface area contributed by atoms with Gasteiger partial charge in [0.2, 0.25) is 5.91 Å². The Labute approximate surface area is 284 Å². The molecule has 3 fully saturated rings. The predicted octanol–water partition coefficient (Wildman–Crippen LogP) is 5.37. The number of hydrogen-bond acceptors (Lipinski definition) is 6. The molecule has 17 heteroatoms. The van der Waals surface area contributed by atoms with Crippen molar-refractivity contribution in [1.29, 1.82) is 0 Å². The predicted molar refractivity (Wildman–Crippen MR) is 165 cm³/mol. The lowest BCUT2D eigenvalue weighted by molar-refractivity contribution is -0.391. The average Bonchev–Trinajstić information content (AvgIpc) is 3.52. The number of urea groups is 1. The van der Waals surface area contributed by atoms with Crippen LogP contribution in [-0.2, 0) is 29.7 Å². The molecule has 9 nitrogen and oxygen atoms in total. The van der Waals surface area contributed by atoms with Crippen molar-refractivity contribution in [3.05, 3.63) is 65.5 Å². The standard InChI is InChI=1S/C33H38F7N3O6S/c1-22(44)41-16-18-42(19-17-41)29(46)43-15-14-30(21-43,50(47,48)28-12-8-26(34)9-13-28)24-4-6-25(7-5-24)31(32(35,36)37,33(38,39)40)49-20-23-2-10-27(45)11-3-23/h4-9,12-13,23,27,45H,2-3,10-11,14-21H2,1H3/t23?,27?,30-/m0/s1. The van der Waals surface area contributed by atoms with Gasteiger partial charge in [0.25, 0.3) is 5.60 Å². The summed E-state index contributed by atoms with van der Waals surface area (Å²) in [4.78, 5) is 29.2. The Bertz CT molecular complexity index is 1620. The van der Waals surface area contributed by atoms with Crippen molar-refractivity contribution in [3.8, 4) is 0 Å². The van der Waals surface area contributed by atoms with Crippen LogP contribution < -0.4 is 0 Å². The molecule has 5 rings (SSSR count). The fourth-order valence-corrected chi connectivity index (χ4v) is 9.18. The number of sulfone groups is 1. The van der Waals surface area contributed by atoms with E-state index in [9.17, 15) is 53.8 Å². The van der Waals surface area contributed by atoms with E-state index in [2.05, 4.69) is 0 Å². The first-order chi connectivity index (χ1) is 23.3. The number of benzene rings is 2. The first-order valence-corrected chi connectivity index (χ1v) is 17.7. The van der Waals surface area contributed by atoms with E-state index in [1.54, 1.807) is 4.90 Å². The molecule has 0 aromatic heterocycles. The van der Waals surface area contributed by atoms with E-state index in [0.29, 0.717) is 12.1 Å². The molecule has 1 atom stereocenters. The second-order valence-corrected chi connectivity index (χ2v) is 15.4. The van der Waals surface area contributed by atoms with Crippen LogP contribution in [0.5, 0.6) is 0 Å². The summed E-state index contributed by atoms with van der Waals surface area (Å²) in [6.45, 7) is 0.724. The van der Waals surface area contributed by atoms with Crippen LogP contribution in [-0.4, -0.2) is 104 Å². The van der Waals surface area contributed by atoms with E-state index in [0.717, 1.165) is 36.4 Å². The van der Waals surface area contributed by atoms with E-state index in [-0.39, 0.29) is 81.2 Å². The number of halogens is 7. The van der Waals surface area contributed by atoms with Crippen LogP contribution in [0.15, 0.2) is 53.4 Å². The number of piperazine rings is 1. The van der Waals surface area contributed by atoms with Crippen LogP contribution in [0, 0.1) is 11.7 Å². The Kier molecular flexibility index (Phi) is 10.5. The fraction of sp³-hybridized carbons (Fsp3) is 0.576. The Balaban J connectivity index is 1.52. The number of carbonyl (C=O) groups is 2. The zero-order chi connectivity index (χ0) is 36.7. The van der Waals surface area contributed by atoms with Crippen molar-refractivity contribution in [3.63, 3.8) is 0 Å². The lowest BCUT2D eigenvalue weighted by Gasteiger charge is -2.39. The molecule has 2 saturated heterocycles. The monoisotopic (exact) mass is 737 g/mol. The molecule has 3 amide bonds. The smallest absolute Gasteiger partial charge is 0.393 e. The highest BCUT2D eigenvalue weighted by Gasteiger charge is 2.73. The van der Waals surface area contributed by atoms with Crippen molar-refractivity contribution >= 4 is 21.8 Å². The van der Waals surface area contributed by atoms with Gasteiger partial charge in [-0.1, -0.05) is 24.3 Å². The SMILES string of the molecule is CC(=O)N1CCN(C(=O)N2CC[C@](c3ccc(C(OCC4CCC(O)CC4)(C(F)(F)F)C(F)(F)F)cc3)(S(=O)(=O)c3ccc(F)cc3)C2)CC1. The molecule has 276 valence electrons. The summed E-state index contributed by atoms with van der Waals surface area (Å²) in [5, 5.41) is 9.71. The van der Waals surface area contributed by atoms with Gasteiger partial charge < -0.3 is 24.5 Å². The van der Waals surface area contributed by atoms with E-state index in [4.69, 9.17) is 4.74 Å². The topological polar surface area (TPSA) is 107 Å². The Morgan fingerprint density at radius 2 is 1.36 bits per heavy atom. The molecule has 0 radical (unpaired) electrons. The maximum atomic E-state index is 14.6. The number of rotatable bonds is 7. The number of amides is 3. The zero-order valence-electron chi connectivity index (χ0n) is 27.1. The molecule has 2 aromatic carbocycles. The average molecular weight is 738 g/mol. The lowest BCUT2D eigenvalue weighted by Crippen LogP contribution is -2.56. The third kappa shape index (κ3) is 6.92. The summed E-state index contributed by atoms with van der Waals surface area (Å²) in [5.41, 5.74) is -6.21. The third-order valence-corrected chi connectivity index (χ3v) is 12.6. The molecule has 2 aromatic rings. The molecule has 0 bridgehead atoms. The van der Waals surface area contributed by atoms with Gasteiger partial charge in [-0.15, -0.1) is 0 Å². The first kappa shape index (κ1) is 37.8. The summed E-state index contributed by atoms with van der Waals surface area (Å²) in [7, 11) is -4.55. The largest absolute Gasteiger partial charge is 0.430 e. The number of hydrogen-bond donors (Lipinski definition) is 1. The van der Waals surface area contributed by atoms with Gasteiger partial charge in [-0.2, -0.15) is 26.3 Å². The fourth-order valence-electron chi connectivity index (χ4n) is 7.11. The Morgan fingerprint density at radius 1 is 0.820 bits per heavy atom. The van der Waals surface area contributed by atoms with Crippen LogP contribution in [0.2, 0.25) is 0 Å². The van der Waals surface area contributed by atoms with E-state index < -0.39 is 75.1 Å². The van der Waals surface area contributed by atoms with E-state index in [1.807, 2.05) is 0 Å². The van der Waals surface area contributed by atoms with Gasteiger partial charge in [0, 0.05) is 51.8 Å². The number of aliphatic hydroxyl groups is 1. The second kappa shape index (κ2) is 13.9. The molecule has 1 saturated carbocycles. The minimum atomic E-state index is -5.97. The number of nitrogens with zero attached hydrogens (tertiary/aromatic N) is 3. The van der Waals surface area contributed by atoms with Crippen LogP contribution in [0.25, 0.3) is 0 Å². The van der Waals surface area contributed by atoms with Crippen molar-refractivity contribution in [2.45, 2.75) is 72.7 Å². The summed E-state index contributed by atoms with van der Waals surface area (Å²) >= 11 is 0. The molecule has 2 aliphatic heterocycles. The van der Waals surface area contributed by atoms with E-state index >= 15 is 0 Å². The second-order valence-electron chi connectivity index (χ2n) is 13.1. The molecule has 0 unspecified atom stereocenters. The summed E-state index contributed by atoms with van der Waals surface area (Å²) in [5.74, 6) is -1.57. The molecule has 3 aliphatic rings. The van der Waals surface area contributed by atoms with Crippen LogP contribution in [0.3, 0.4) is 0 Å². The van der Waals surface area contributed by atoms with Crippen molar-refractivity contribution in [1.82, 2.24) is 14.7 Å². The van der Waals surface area contributed by atoms with Crippen LogP contribution in [0.4, 0.5) is 35.5 Å². The minimum Gasteiger partial charge on any atom is -0.393 e. The number of likely N-dealkylation sites (tertiary alicyclic amines) is 1. The van der Waals surface area contributed by atoms with Gasteiger partial charge in [0.05, 0.1) is 17.6 Å². The third-order valence-electron chi connectivity index (χ3n) is 10.1. The summed E-state index contributed by atoms with van der Waals surface area (Å²) in [6.07, 6.45) is -12.1. The van der Waals surface area contributed by atoms with Crippen LogP contribution in [0.1, 0.15) is 50.2 Å². The number of alkyl halides is 6. The first-order valence-electron chi connectivity index (χ1n) is 16.2. The van der Waals surface area contributed by atoms with Gasteiger partial charge in [0.1, 0.15) is 10.6 Å². The number of aliphatic hydroxyl groups excluding tert-OH is 1. The highest BCUT2D eigenvalue weighted by Crippen LogP contribution is 2.54. The summed E-state index contributed by atoms with van der Waals surface area (Å²) in [6, 6.07) is 6.12. The quantitative estimate of drug-likeness (QED) is 0.303. The van der Waals surface area contributed by atoms with Gasteiger partial charge in [0.15, 0.2) is 9.84 Å². The van der Waals surface area contributed by atoms with Gasteiger partial charge >= 0.3 is 18.4 Å². The molecule has 50 heavy (non-hydrogen) atoms. The minimum absolute atomic E-state index is 0.123. The lowest BCUT2D eigenvalue weighted by atomic mass is 9.86. The van der Waals surface area contributed by atoms with E-state index in [1.165, 1.54) is 16.7 Å². The molecular weight excluding hydrogens is 699 g/mol. The van der Waals surface area contributed by atoms with Gasteiger partial charge in [-0.25, -0.2) is 17.6 Å².